The van der Waals surface area contributed by atoms with Crippen LogP contribution in [0.4, 0.5) is 0 Å². The van der Waals surface area contributed by atoms with E-state index < -0.39 is 0 Å². The van der Waals surface area contributed by atoms with E-state index in [1.165, 1.54) is 12.8 Å². The van der Waals surface area contributed by atoms with Gasteiger partial charge in [0.05, 0.1) is 0 Å². The fourth-order valence-electron chi connectivity index (χ4n) is 3.88. The fraction of sp³-hybridized carbons (Fsp3) is 0.529. The molecule has 0 radical (unpaired) electrons. The predicted molar refractivity (Wildman–Crippen MR) is 88.3 cm³/mol. The second-order valence-corrected chi connectivity index (χ2v) is 7.92. The Morgan fingerprint density at radius 2 is 1.95 bits per heavy atom. The first-order valence-electron chi connectivity index (χ1n) is 7.47. The lowest BCUT2D eigenvalue weighted by Crippen LogP contribution is -2.34. The minimum absolute atomic E-state index is 0.130. The largest absolute Gasteiger partial charge is 0.271 e. The summed E-state index contributed by atoms with van der Waals surface area (Å²) in [6.45, 7) is 6.97. The van der Waals surface area contributed by atoms with Crippen molar-refractivity contribution in [1.82, 2.24) is 5.43 Å². The van der Waals surface area contributed by atoms with Gasteiger partial charge < -0.3 is 0 Å². The normalized spacial score (nSPS) is 31.6. The van der Waals surface area contributed by atoms with Crippen LogP contribution in [-0.2, 0) is 0 Å². The van der Waals surface area contributed by atoms with Crippen molar-refractivity contribution in [3.05, 3.63) is 34.3 Å². The molecule has 2 aliphatic carbocycles. The third-order valence-electron chi connectivity index (χ3n) is 5.91. The number of hydrogen-bond donors (Lipinski definition) is 1. The van der Waals surface area contributed by atoms with Gasteiger partial charge in [-0.05, 0) is 54.9 Å². The molecule has 0 saturated heterocycles. The van der Waals surface area contributed by atoms with Crippen LogP contribution >= 0.6 is 15.9 Å². The first-order valence-corrected chi connectivity index (χ1v) is 8.27. The Morgan fingerprint density at radius 1 is 1.29 bits per heavy atom. The van der Waals surface area contributed by atoms with Crippen LogP contribution in [0.15, 0.2) is 33.8 Å². The summed E-state index contributed by atoms with van der Waals surface area (Å²) in [5.41, 5.74) is 4.95. The van der Waals surface area contributed by atoms with E-state index in [4.69, 9.17) is 0 Å². The third kappa shape index (κ3) is 2.24. The average molecular weight is 349 g/mol. The van der Waals surface area contributed by atoms with Crippen LogP contribution in [0.5, 0.6) is 0 Å². The lowest BCUT2D eigenvalue weighted by atomic mass is 9.70. The molecule has 1 N–H and O–H groups in total. The number of nitrogens with one attached hydrogen (secondary N) is 1. The molecule has 1 aromatic carbocycles. The van der Waals surface area contributed by atoms with E-state index in [0.717, 1.165) is 16.6 Å². The van der Waals surface area contributed by atoms with Crippen LogP contribution in [0, 0.1) is 16.7 Å². The number of rotatable bonds is 2. The topological polar surface area (TPSA) is 41.5 Å². The van der Waals surface area contributed by atoms with Crippen LogP contribution in [0.3, 0.4) is 0 Å². The molecule has 0 spiro atoms. The zero-order valence-corrected chi connectivity index (χ0v) is 14.3. The molecule has 1 amide bonds. The number of benzene rings is 1. The lowest BCUT2D eigenvalue weighted by molar-refractivity contribution is 0.0954. The van der Waals surface area contributed by atoms with Crippen molar-refractivity contribution in [3.63, 3.8) is 0 Å². The minimum Gasteiger partial charge on any atom is -0.267 e. The molecule has 0 heterocycles. The van der Waals surface area contributed by atoms with Gasteiger partial charge in [-0.1, -0.05) is 36.7 Å². The molecular weight excluding hydrogens is 328 g/mol. The molecule has 3 nitrogen and oxygen atoms in total. The number of fused-ring (bicyclic) bond motifs is 2. The van der Waals surface area contributed by atoms with Crippen LogP contribution in [0.2, 0.25) is 0 Å². The highest BCUT2D eigenvalue weighted by Gasteiger charge is 2.59. The number of carbonyl (C=O) groups is 1. The van der Waals surface area contributed by atoms with E-state index in [0.29, 0.717) is 11.5 Å². The highest BCUT2D eigenvalue weighted by molar-refractivity contribution is 9.10. The van der Waals surface area contributed by atoms with Gasteiger partial charge in [0, 0.05) is 21.2 Å². The van der Waals surface area contributed by atoms with E-state index in [-0.39, 0.29) is 16.7 Å². The number of halogens is 1. The maximum Gasteiger partial charge on any atom is 0.271 e. The maximum absolute atomic E-state index is 12.2. The van der Waals surface area contributed by atoms with Crippen LogP contribution in [0.25, 0.3) is 0 Å². The van der Waals surface area contributed by atoms with Crippen molar-refractivity contribution in [2.24, 2.45) is 21.8 Å². The van der Waals surface area contributed by atoms with Gasteiger partial charge in [0.1, 0.15) is 0 Å². The Labute approximate surface area is 134 Å². The van der Waals surface area contributed by atoms with Crippen LogP contribution < -0.4 is 5.43 Å². The summed E-state index contributed by atoms with van der Waals surface area (Å²) in [6.07, 6.45) is 3.48. The van der Waals surface area contributed by atoms with Gasteiger partial charge in [-0.25, -0.2) is 5.43 Å². The first kappa shape index (κ1) is 14.8. The molecule has 112 valence electrons. The number of carbonyl (C=O) groups excluding carboxylic acids is 1. The molecule has 4 heteroatoms. The average Bonchev–Trinajstić information content (AvgIpc) is 2.78. The van der Waals surface area contributed by atoms with Crippen LogP contribution in [0.1, 0.15) is 50.4 Å². The third-order valence-corrected chi connectivity index (χ3v) is 6.44. The molecule has 2 bridgehead atoms. The van der Waals surface area contributed by atoms with Gasteiger partial charge in [-0.2, -0.15) is 5.10 Å². The number of hydrogen-bond acceptors (Lipinski definition) is 2. The Bertz CT molecular complexity index is 606. The fourth-order valence-corrected chi connectivity index (χ4v) is 4.15. The van der Waals surface area contributed by atoms with Gasteiger partial charge >= 0.3 is 0 Å². The Hall–Kier alpha value is -1.16. The van der Waals surface area contributed by atoms with E-state index in [9.17, 15) is 4.79 Å². The predicted octanol–water partition coefficient (Wildman–Crippen LogP) is 4.38. The Balaban J connectivity index is 1.76. The minimum atomic E-state index is -0.140. The Morgan fingerprint density at radius 3 is 2.48 bits per heavy atom. The standard InChI is InChI=1S/C17H21BrN2O/c1-16(2)12-8-9-17(16,3)14(10-12)19-20-15(21)11-4-6-13(18)7-5-11/h4-7,12H,8-10H2,1-3H3,(H,20,21)/b19-14+. The van der Waals surface area contributed by atoms with Gasteiger partial charge in [-0.15, -0.1) is 0 Å². The van der Waals surface area contributed by atoms with Crippen molar-refractivity contribution in [2.75, 3.05) is 0 Å². The molecule has 21 heavy (non-hydrogen) atoms. The quantitative estimate of drug-likeness (QED) is 0.791. The zero-order valence-electron chi connectivity index (χ0n) is 12.7. The molecule has 0 aromatic heterocycles. The Kier molecular flexibility index (Phi) is 3.47. The van der Waals surface area contributed by atoms with Gasteiger partial charge in [0.25, 0.3) is 5.91 Å². The zero-order chi connectivity index (χ0) is 15.3. The summed E-state index contributed by atoms with van der Waals surface area (Å²) >= 11 is 3.37. The summed E-state index contributed by atoms with van der Waals surface area (Å²) in [7, 11) is 0. The molecule has 2 fully saturated rings. The molecule has 1 aromatic rings. The summed E-state index contributed by atoms with van der Waals surface area (Å²) in [5, 5.41) is 4.48. The summed E-state index contributed by atoms with van der Waals surface area (Å²) < 4.78 is 0.965. The highest BCUT2D eigenvalue weighted by atomic mass is 79.9. The molecule has 2 atom stereocenters. The first-order chi connectivity index (χ1) is 9.84. The van der Waals surface area contributed by atoms with E-state index in [1.807, 2.05) is 12.1 Å². The lowest BCUT2D eigenvalue weighted by Gasteiger charge is -2.34. The smallest absolute Gasteiger partial charge is 0.267 e. The van der Waals surface area contributed by atoms with Gasteiger partial charge in [0.2, 0.25) is 0 Å². The summed E-state index contributed by atoms with van der Waals surface area (Å²) in [6, 6.07) is 7.33. The maximum atomic E-state index is 12.2. The number of hydrazone groups is 1. The summed E-state index contributed by atoms with van der Waals surface area (Å²) in [5.74, 6) is 0.560. The molecule has 2 saturated carbocycles. The van der Waals surface area contributed by atoms with Crippen LogP contribution in [-0.4, -0.2) is 11.6 Å². The number of amides is 1. The van der Waals surface area contributed by atoms with Crippen molar-refractivity contribution in [3.8, 4) is 0 Å². The SMILES string of the molecule is CC12CCC(C/C1=N\NC(=O)c1ccc(Br)cc1)C2(C)C. The van der Waals surface area contributed by atoms with Gasteiger partial charge in [-0.3, -0.25) is 4.79 Å². The molecule has 3 rings (SSSR count). The van der Waals surface area contributed by atoms with E-state index >= 15 is 0 Å². The van der Waals surface area contributed by atoms with Crippen molar-refractivity contribution in [1.29, 1.82) is 0 Å². The molecule has 0 aliphatic heterocycles. The van der Waals surface area contributed by atoms with Gasteiger partial charge in [0.15, 0.2) is 0 Å². The van der Waals surface area contributed by atoms with Crippen molar-refractivity contribution >= 4 is 27.5 Å². The van der Waals surface area contributed by atoms with Crippen molar-refractivity contribution < 1.29 is 4.79 Å². The van der Waals surface area contributed by atoms with Crippen molar-refractivity contribution in [2.45, 2.75) is 40.0 Å². The van der Waals surface area contributed by atoms with E-state index in [1.54, 1.807) is 12.1 Å². The molecular formula is C17H21BrN2O. The molecule has 2 unspecified atom stereocenters. The van der Waals surface area contributed by atoms with E-state index in [2.05, 4.69) is 47.2 Å². The summed E-state index contributed by atoms with van der Waals surface area (Å²) in [4.78, 5) is 12.2. The highest BCUT2D eigenvalue weighted by Crippen LogP contribution is 2.63. The monoisotopic (exact) mass is 348 g/mol. The second kappa shape index (κ2) is 4.94. The number of nitrogens with zero attached hydrogens (tertiary/aromatic N) is 1. The molecule has 2 aliphatic rings. The second-order valence-electron chi connectivity index (χ2n) is 7.00.